The van der Waals surface area contributed by atoms with Gasteiger partial charge in [-0.2, -0.15) is 5.26 Å². The zero-order valence-corrected chi connectivity index (χ0v) is 9.37. The maximum absolute atomic E-state index is 11.0. The molecule has 0 amide bonds. The summed E-state index contributed by atoms with van der Waals surface area (Å²) < 4.78 is 0. The lowest BCUT2D eigenvalue weighted by Gasteiger charge is -2.32. The van der Waals surface area contributed by atoms with Crippen LogP contribution in [0.5, 0.6) is 0 Å². The van der Waals surface area contributed by atoms with Crippen LogP contribution in [0.1, 0.15) is 19.3 Å². The van der Waals surface area contributed by atoms with E-state index in [2.05, 4.69) is 6.07 Å². The van der Waals surface area contributed by atoms with Crippen LogP contribution in [0.25, 0.3) is 0 Å². The van der Waals surface area contributed by atoms with Crippen molar-refractivity contribution in [1.29, 1.82) is 5.26 Å². The maximum Gasteiger partial charge on any atom is 0.292 e. The van der Waals surface area contributed by atoms with E-state index in [4.69, 9.17) is 5.26 Å². The molecule has 0 radical (unpaired) electrons. The summed E-state index contributed by atoms with van der Waals surface area (Å²) in [6.07, 6.45) is 2.77. The molecular weight excluding hydrogens is 218 g/mol. The summed E-state index contributed by atoms with van der Waals surface area (Å²) in [7, 11) is 0. The number of hydrogen-bond donors (Lipinski definition) is 0. The third-order valence-electron chi connectivity index (χ3n) is 3.04. The van der Waals surface area contributed by atoms with Crippen molar-refractivity contribution < 1.29 is 4.92 Å². The molecule has 1 unspecified atom stereocenters. The Labute approximate surface area is 99.4 Å². The number of nitrogens with zero attached hydrogens (tertiary/aromatic N) is 3. The maximum atomic E-state index is 11.0. The third-order valence-corrected chi connectivity index (χ3v) is 3.04. The Hall–Kier alpha value is -2.09. The van der Waals surface area contributed by atoms with Crippen molar-refractivity contribution in [2.75, 3.05) is 11.4 Å². The largest absolute Gasteiger partial charge is 0.350 e. The van der Waals surface area contributed by atoms with Crippen LogP contribution in [0.4, 0.5) is 11.4 Å². The molecule has 1 aromatic carbocycles. The van der Waals surface area contributed by atoms with Crippen LogP contribution in [0, 0.1) is 21.4 Å². The highest BCUT2D eigenvalue weighted by Gasteiger charge is 2.27. The average Bonchev–Trinajstić information content (AvgIpc) is 2.38. The van der Waals surface area contributed by atoms with Gasteiger partial charge in [0.2, 0.25) is 0 Å². The van der Waals surface area contributed by atoms with Gasteiger partial charge in [0.25, 0.3) is 5.69 Å². The smallest absolute Gasteiger partial charge is 0.292 e. The van der Waals surface area contributed by atoms with Crippen LogP contribution < -0.4 is 4.90 Å². The van der Waals surface area contributed by atoms with Gasteiger partial charge in [-0.05, 0) is 25.3 Å². The van der Waals surface area contributed by atoms with E-state index < -0.39 is 4.92 Å². The predicted molar refractivity (Wildman–Crippen MR) is 63.7 cm³/mol. The highest BCUT2D eigenvalue weighted by atomic mass is 16.6. The van der Waals surface area contributed by atoms with E-state index in [0.717, 1.165) is 19.3 Å². The van der Waals surface area contributed by atoms with E-state index in [9.17, 15) is 10.1 Å². The number of nitro benzene ring substituents is 1. The Kier molecular flexibility index (Phi) is 3.24. The SMILES string of the molecule is N#CC1CCCCN1c1ccccc1[N+](=O)[O-]. The molecule has 1 aromatic rings. The molecule has 1 heterocycles. The lowest BCUT2D eigenvalue weighted by atomic mass is 10.0. The van der Waals surface area contributed by atoms with E-state index in [0.29, 0.717) is 12.2 Å². The second kappa shape index (κ2) is 4.83. The molecule has 0 saturated carbocycles. The molecule has 0 bridgehead atoms. The zero-order valence-electron chi connectivity index (χ0n) is 9.37. The van der Waals surface area contributed by atoms with Gasteiger partial charge in [0.15, 0.2) is 0 Å². The van der Waals surface area contributed by atoms with Crippen LogP contribution in [-0.4, -0.2) is 17.5 Å². The first-order valence-electron chi connectivity index (χ1n) is 5.63. The minimum Gasteiger partial charge on any atom is -0.350 e. The van der Waals surface area contributed by atoms with E-state index in [1.54, 1.807) is 18.2 Å². The summed E-state index contributed by atoms with van der Waals surface area (Å²) in [4.78, 5) is 12.4. The molecule has 1 saturated heterocycles. The second-order valence-corrected chi connectivity index (χ2v) is 4.08. The Balaban J connectivity index is 2.38. The number of piperidine rings is 1. The van der Waals surface area contributed by atoms with Gasteiger partial charge in [-0.25, -0.2) is 0 Å². The monoisotopic (exact) mass is 231 g/mol. The van der Waals surface area contributed by atoms with Gasteiger partial charge in [-0.1, -0.05) is 12.1 Å². The molecule has 1 atom stereocenters. The van der Waals surface area contributed by atoms with Crippen molar-refractivity contribution in [1.82, 2.24) is 0 Å². The summed E-state index contributed by atoms with van der Waals surface area (Å²) in [5.41, 5.74) is 0.637. The summed E-state index contributed by atoms with van der Waals surface area (Å²) >= 11 is 0. The Bertz CT molecular complexity index is 467. The molecule has 88 valence electrons. The first kappa shape index (κ1) is 11.4. The van der Waals surface area contributed by atoms with Gasteiger partial charge >= 0.3 is 0 Å². The van der Waals surface area contributed by atoms with Crippen LogP contribution in [-0.2, 0) is 0 Å². The standard InChI is InChI=1S/C12H13N3O2/c13-9-10-5-3-4-8-14(10)11-6-1-2-7-12(11)15(16)17/h1-2,6-7,10H,3-5,8H2. The number of benzene rings is 1. The van der Waals surface area contributed by atoms with Crippen molar-refractivity contribution in [2.45, 2.75) is 25.3 Å². The molecule has 1 aliphatic rings. The van der Waals surface area contributed by atoms with Crippen LogP contribution >= 0.6 is 0 Å². The summed E-state index contributed by atoms with van der Waals surface area (Å²) in [5, 5.41) is 20.0. The van der Waals surface area contributed by atoms with Crippen molar-refractivity contribution in [3.8, 4) is 6.07 Å². The topological polar surface area (TPSA) is 70.2 Å². The van der Waals surface area contributed by atoms with E-state index in [-0.39, 0.29) is 11.7 Å². The number of rotatable bonds is 2. The normalized spacial score (nSPS) is 19.7. The highest BCUT2D eigenvalue weighted by Crippen LogP contribution is 2.32. The van der Waals surface area contributed by atoms with E-state index >= 15 is 0 Å². The fraction of sp³-hybridized carbons (Fsp3) is 0.417. The van der Waals surface area contributed by atoms with Crippen LogP contribution in [0.15, 0.2) is 24.3 Å². The Morgan fingerprint density at radius 2 is 2.18 bits per heavy atom. The average molecular weight is 231 g/mol. The first-order chi connectivity index (χ1) is 8.24. The van der Waals surface area contributed by atoms with Gasteiger partial charge in [-0.3, -0.25) is 10.1 Å². The fourth-order valence-electron chi connectivity index (χ4n) is 2.22. The summed E-state index contributed by atoms with van der Waals surface area (Å²) in [6, 6.07) is 8.59. The second-order valence-electron chi connectivity index (χ2n) is 4.08. The van der Waals surface area contributed by atoms with Gasteiger partial charge < -0.3 is 4.90 Å². The van der Waals surface area contributed by atoms with Crippen LogP contribution in [0.3, 0.4) is 0 Å². The number of nitriles is 1. The van der Waals surface area contributed by atoms with Crippen molar-refractivity contribution in [3.05, 3.63) is 34.4 Å². The molecule has 1 fully saturated rings. The highest BCUT2D eigenvalue weighted by molar-refractivity contribution is 5.64. The Morgan fingerprint density at radius 1 is 1.41 bits per heavy atom. The fourth-order valence-corrected chi connectivity index (χ4v) is 2.22. The summed E-state index contributed by atoms with van der Waals surface area (Å²) in [6.45, 7) is 0.711. The number of anilines is 1. The molecule has 2 rings (SSSR count). The van der Waals surface area contributed by atoms with Crippen molar-refractivity contribution in [2.24, 2.45) is 0 Å². The lowest BCUT2D eigenvalue weighted by Crippen LogP contribution is -2.38. The Morgan fingerprint density at radius 3 is 2.88 bits per heavy atom. The van der Waals surface area contributed by atoms with Gasteiger partial charge in [-0.15, -0.1) is 0 Å². The minimum atomic E-state index is -0.391. The molecule has 0 N–H and O–H groups in total. The van der Waals surface area contributed by atoms with Crippen molar-refractivity contribution in [3.63, 3.8) is 0 Å². The van der Waals surface area contributed by atoms with Gasteiger partial charge in [0.1, 0.15) is 11.7 Å². The lowest BCUT2D eigenvalue weighted by molar-refractivity contribution is -0.384. The molecule has 0 spiro atoms. The first-order valence-corrected chi connectivity index (χ1v) is 5.63. The molecular formula is C12H13N3O2. The number of hydrogen-bond acceptors (Lipinski definition) is 4. The number of nitro groups is 1. The third kappa shape index (κ3) is 2.21. The molecule has 5 nitrogen and oxygen atoms in total. The van der Waals surface area contributed by atoms with Gasteiger partial charge in [0.05, 0.1) is 11.0 Å². The molecule has 17 heavy (non-hydrogen) atoms. The number of para-hydroxylation sites is 2. The van der Waals surface area contributed by atoms with E-state index in [1.165, 1.54) is 6.07 Å². The molecule has 5 heteroatoms. The molecule has 0 aliphatic carbocycles. The van der Waals surface area contributed by atoms with Gasteiger partial charge in [0, 0.05) is 12.6 Å². The molecule has 1 aliphatic heterocycles. The minimum absolute atomic E-state index is 0.0784. The zero-order chi connectivity index (χ0) is 12.3. The van der Waals surface area contributed by atoms with Crippen molar-refractivity contribution >= 4 is 11.4 Å². The molecule has 0 aromatic heterocycles. The quantitative estimate of drug-likeness (QED) is 0.579. The predicted octanol–water partition coefficient (Wildman–Crippen LogP) is 2.48. The summed E-state index contributed by atoms with van der Waals surface area (Å²) in [5.74, 6) is 0. The van der Waals surface area contributed by atoms with Crippen LogP contribution in [0.2, 0.25) is 0 Å². The van der Waals surface area contributed by atoms with E-state index in [1.807, 2.05) is 4.90 Å².